The Hall–Kier alpha value is -4.15. The number of allylic oxidation sites excluding steroid dienone is 1. The number of hydrogen-bond acceptors (Lipinski definition) is 7. The number of quaternary nitrogens is 1. The van der Waals surface area contributed by atoms with E-state index < -0.39 is 6.09 Å². The van der Waals surface area contributed by atoms with E-state index in [2.05, 4.69) is 15.3 Å². The van der Waals surface area contributed by atoms with Crippen molar-refractivity contribution in [2.24, 2.45) is 21.7 Å². The third kappa shape index (κ3) is 3.89. The number of aromatic nitrogens is 1. The van der Waals surface area contributed by atoms with Gasteiger partial charge in [0.05, 0.1) is 18.0 Å². The average molecular weight is 457 g/mol. The highest BCUT2D eigenvalue weighted by Gasteiger charge is 2.46. The second kappa shape index (κ2) is 8.65. The van der Waals surface area contributed by atoms with Gasteiger partial charge in [-0.1, -0.05) is 6.07 Å². The predicted octanol–water partition coefficient (Wildman–Crippen LogP) is 1.61. The van der Waals surface area contributed by atoms with Crippen molar-refractivity contribution in [3.05, 3.63) is 83.6 Å². The van der Waals surface area contributed by atoms with E-state index in [1.54, 1.807) is 67.3 Å². The molecule has 3 aliphatic heterocycles. The number of piperidine rings is 1. The molecule has 0 bridgehead atoms. The minimum absolute atomic E-state index is 0.110. The van der Waals surface area contributed by atoms with Crippen LogP contribution in [0.15, 0.2) is 82.4 Å². The molecule has 0 aliphatic carbocycles. The molecule has 0 radical (unpaired) electrons. The molecule has 34 heavy (non-hydrogen) atoms. The standard InChI is InChI=1S/C24H23N7O3/c25-31-13-11-26-14-19(31)21(18-4-3-12-30(15-18)24(33)34)29-22(31)16-6-8-17(9-7-16)23(32)28-20-5-1-2-10-27-20/h1-2,5-11,13-14,18H,3-4,12,15,25H2,(H-,27,28,32,33,34). The quantitative estimate of drug-likeness (QED) is 0.531. The molecule has 1 aromatic heterocycles. The first-order valence-corrected chi connectivity index (χ1v) is 11.0. The van der Waals surface area contributed by atoms with Crippen molar-refractivity contribution in [2.75, 3.05) is 18.4 Å². The van der Waals surface area contributed by atoms with E-state index in [1.807, 2.05) is 0 Å². The zero-order chi connectivity index (χ0) is 23.7. The van der Waals surface area contributed by atoms with Gasteiger partial charge in [-0.15, -0.1) is 4.59 Å². The van der Waals surface area contributed by atoms with Crippen LogP contribution in [-0.4, -0.2) is 51.6 Å². The number of fused-ring (bicyclic) bond motifs is 1. The van der Waals surface area contributed by atoms with Crippen LogP contribution in [0.5, 0.6) is 0 Å². The Bertz CT molecular complexity index is 1250. The van der Waals surface area contributed by atoms with Gasteiger partial charge in [0.25, 0.3) is 11.7 Å². The molecular formula is C24H23N7O3. The molecule has 3 N–H and O–H groups in total. The van der Waals surface area contributed by atoms with Crippen LogP contribution < -0.4 is 16.3 Å². The minimum Gasteiger partial charge on any atom is -0.530 e. The Balaban J connectivity index is 1.42. The van der Waals surface area contributed by atoms with Gasteiger partial charge < -0.3 is 20.1 Å². The Morgan fingerprint density at radius 1 is 1.18 bits per heavy atom. The van der Waals surface area contributed by atoms with Gasteiger partial charge in [0, 0.05) is 30.8 Å². The summed E-state index contributed by atoms with van der Waals surface area (Å²) in [6.45, 7) is 0.763. The molecule has 2 aromatic rings. The number of nitrogens with two attached hydrogens (primary N) is 1. The van der Waals surface area contributed by atoms with Crippen LogP contribution in [0.25, 0.3) is 0 Å². The van der Waals surface area contributed by atoms with Crippen molar-refractivity contribution in [3.63, 3.8) is 0 Å². The van der Waals surface area contributed by atoms with Crippen LogP contribution in [0.3, 0.4) is 0 Å². The maximum absolute atomic E-state index is 12.6. The number of aliphatic imine (C=N–C) groups is 2. The first-order chi connectivity index (χ1) is 16.5. The maximum atomic E-state index is 12.6. The number of nitrogens with one attached hydrogen (secondary N) is 1. The van der Waals surface area contributed by atoms with Crippen molar-refractivity contribution >= 4 is 29.9 Å². The SMILES string of the molecule is N[N+]12C=CN=CC1=C(C1CCCN(C(=O)[O-])C1)N=C2c1ccc(C(=O)Nc2ccccn2)cc1. The van der Waals surface area contributed by atoms with Gasteiger partial charge in [-0.05, 0) is 49.2 Å². The molecule has 1 aromatic carbocycles. The number of pyridine rings is 1. The van der Waals surface area contributed by atoms with Crippen LogP contribution in [0.1, 0.15) is 28.8 Å². The number of rotatable bonds is 4. The summed E-state index contributed by atoms with van der Waals surface area (Å²) in [4.78, 5) is 38.5. The third-order valence-corrected chi connectivity index (χ3v) is 6.20. The zero-order valence-corrected chi connectivity index (χ0v) is 18.3. The summed E-state index contributed by atoms with van der Waals surface area (Å²) >= 11 is 0. The van der Waals surface area contributed by atoms with Crippen LogP contribution >= 0.6 is 0 Å². The van der Waals surface area contributed by atoms with E-state index in [1.165, 1.54) is 4.90 Å². The summed E-state index contributed by atoms with van der Waals surface area (Å²) in [6.07, 6.45) is 6.98. The summed E-state index contributed by atoms with van der Waals surface area (Å²) in [5.41, 5.74) is 2.66. The molecule has 4 heterocycles. The van der Waals surface area contributed by atoms with E-state index in [4.69, 9.17) is 10.8 Å². The lowest BCUT2D eigenvalue weighted by molar-refractivity contribution is -0.750. The lowest BCUT2D eigenvalue weighted by atomic mass is 9.94. The van der Waals surface area contributed by atoms with E-state index >= 15 is 0 Å². The lowest BCUT2D eigenvalue weighted by Gasteiger charge is -2.34. The van der Waals surface area contributed by atoms with E-state index in [0.717, 1.165) is 24.1 Å². The molecule has 1 fully saturated rings. The number of nitrogens with zero attached hydrogens (tertiary/aromatic N) is 5. The molecule has 2 amide bonds. The largest absolute Gasteiger partial charge is 0.530 e. The van der Waals surface area contributed by atoms with Gasteiger partial charge >= 0.3 is 0 Å². The molecule has 172 valence electrons. The number of benzene rings is 1. The molecule has 3 aliphatic rings. The molecule has 10 heteroatoms. The second-order valence-corrected chi connectivity index (χ2v) is 8.36. The fraction of sp³-hybridized carbons (Fsp3) is 0.208. The second-order valence-electron chi connectivity index (χ2n) is 8.36. The first-order valence-electron chi connectivity index (χ1n) is 11.0. The van der Waals surface area contributed by atoms with E-state index in [-0.39, 0.29) is 16.4 Å². The highest BCUT2D eigenvalue weighted by atomic mass is 16.4. The van der Waals surface area contributed by atoms with Crippen LogP contribution in [0.2, 0.25) is 0 Å². The van der Waals surface area contributed by atoms with E-state index in [9.17, 15) is 14.7 Å². The van der Waals surface area contributed by atoms with E-state index in [0.29, 0.717) is 36.0 Å². The molecule has 2 atom stereocenters. The van der Waals surface area contributed by atoms with Gasteiger partial charge in [-0.2, -0.15) is 10.8 Å². The number of carbonyl (C=O) groups excluding carboxylic acids is 2. The first kappa shape index (κ1) is 21.7. The van der Waals surface area contributed by atoms with Gasteiger partial charge in [-0.25, -0.2) is 4.98 Å². The molecule has 2 unspecified atom stereocenters. The number of anilines is 1. The number of carbonyl (C=O) groups is 2. The van der Waals surface area contributed by atoms with Crippen molar-refractivity contribution < 1.29 is 19.3 Å². The summed E-state index contributed by atoms with van der Waals surface area (Å²) in [5.74, 6) is 7.44. The predicted molar refractivity (Wildman–Crippen MR) is 124 cm³/mol. The number of amidine groups is 1. The van der Waals surface area contributed by atoms with Crippen molar-refractivity contribution in [1.29, 1.82) is 0 Å². The molecule has 0 spiro atoms. The topological polar surface area (TPSA) is 136 Å². The van der Waals surface area contributed by atoms with Gasteiger partial charge in [0.15, 0.2) is 0 Å². The number of carboxylic acid groups (broad SMARTS) is 1. The number of likely N-dealkylation sites (tertiary alicyclic amines) is 1. The summed E-state index contributed by atoms with van der Waals surface area (Å²) in [7, 11) is 0. The van der Waals surface area contributed by atoms with Crippen LogP contribution in [-0.2, 0) is 0 Å². The molecule has 10 nitrogen and oxygen atoms in total. The molecule has 1 saturated heterocycles. The van der Waals surface area contributed by atoms with Crippen molar-refractivity contribution in [2.45, 2.75) is 12.8 Å². The number of hydrogen-bond donors (Lipinski definition) is 2. The van der Waals surface area contributed by atoms with Gasteiger partial charge in [0.1, 0.15) is 23.8 Å². The monoisotopic (exact) mass is 457 g/mol. The Morgan fingerprint density at radius 2 is 2.00 bits per heavy atom. The maximum Gasteiger partial charge on any atom is 0.264 e. The molecule has 5 rings (SSSR count). The Labute approximate surface area is 196 Å². The van der Waals surface area contributed by atoms with Crippen molar-refractivity contribution in [1.82, 2.24) is 9.88 Å². The van der Waals surface area contributed by atoms with Crippen molar-refractivity contribution in [3.8, 4) is 0 Å². The average Bonchev–Trinajstić information content (AvgIpc) is 3.18. The van der Waals surface area contributed by atoms with Crippen LogP contribution in [0.4, 0.5) is 10.6 Å². The fourth-order valence-corrected chi connectivity index (χ4v) is 4.47. The smallest absolute Gasteiger partial charge is 0.264 e. The Morgan fingerprint density at radius 3 is 2.74 bits per heavy atom. The fourth-order valence-electron chi connectivity index (χ4n) is 4.47. The summed E-state index contributed by atoms with van der Waals surface area (Å²) in [5, 5.41) is 14.2. The normalized spacial score (nSPS) is 23.5. The lowest BCUT2D eigenvalue weighted by Crippen LogP contribution is -2.53. The van der Waals surface area contributed by atoms with Gasteiger partial charge in [0.2, 0.25) is 5.70 Å². The molecular weight excluding hydrogens is 434 g/mol. The highest BCUT2D eigenvalue weighted by molar-refractivity contribution is 6.05. The van der Waals surface area contributed by atoms with Gasteiger partial charge in [-0.3, -0.25) is 9.79 Å². The summed E-state index contributed by atoms with van der Waals surface area (Å²) < 4.78 is -0.167. The zero-order valence-electron chi connectivity index (χ0n) is 18.3. The number of amides is 2. The highest BCUT2D eigenvalue weighted by Crippen LogP contribution is 2.37. The van der Waals surface area contributed by atoms with Crippen LogP contribution in [0, 0.1) is 5.92 Å². The molecule has 0 saturated carbocycles. The third-order valence-electron chi connectivity index (χ3n) is 6.20. The summed E-state index contributed by atoms with van der Waals surface area (Å²) in [6, 6.07) is 12.3. The Kier molecular flexibility index (Phi) is 5.52. The minimum atomic E-state index is -1.18.